The first-order valence-electron chi connectivity index (χ1n) is 6.49. The Kier molecular flexibility index (Phi) is 6.47. The van der Waals surface area contributed by atoms with Gasteiger partial charge < -0.3 is 4.74 Å². The van der Waals surface area contributed by atoms with Crippen LogP contribution in [0.2, 0.25) is 0 Å². The van der Waals surface area contributed by atoms with Gasteiger partial charge in [0.1, 0.15) is 5.75 Å². The van der Waals surface area contributed by atoms with Crippen LogP contribution in [0.3, 0.4) is 0 Å². The van der Waals surface area contributed by atoms with Gasteiger partial charge in [0.05, 0.1) is 17.9 Å². The fourth-order valence-electron chi connectivity index (χ4n) is 1.71. The first-order valence-corrected chi connectivity index (χ1v) is 8.20. The molecule has 0 aliphatic carbocycles. The van der Waals surface area contributed by atoms with Gasteiger partial charge in [-0.3, -0.25) is 0 Å². The fraction of sp³-hybridized carbons (Fsp3) is 0.538. The average Bonchev–Trinajstić information content (AvgIpc) is 2.35. The van der Waals surface area contributed by atoms with Crippen LogP contribution >= 0.6 is 0 Å². The van der Waals surface area contributed by atoms with E-state index in [1.54, 1.807) is 0 Å². The molecule has 0 atom stereocenters. The maximum absolute atomic E-state index is 12.5. The number of rotatable bonds is 8. The smallest absolute Gasteiger partial charge is 0.416 e. The van der Waals surface area contributed by atoms with Crippen LogP contribution in [-0.4, -0.2) is 20.8 Å². The van der Waals surface area contributed by atoms with Gasteiger partial charge in [-0.05, 0) is 31.0 Å². The molecule has 120 valence electrons. The Morgan fingerprint density at radius 1 is 1.10 bits per heavy atom. The number of sulfonamides is 1. The van der Waals surface area contributed by atoms with Crippen LogP contribution in [0.5, 0.6) is 5.75 Å². The summed E-state index contributed by atoms with van der Waals surface area (Å²) in [5, 5.41) is 4.86. The highest BCUT2D eigenvalue weighted by Crippen LogP contribution is 2.31. The molecule has 0 bridgehead atoms. The third kappa shape index (κ3) is 7.91. The molecule has 0 saturated carbocycles. The molecule has 0 fully saturated rings. The Morgan fingerprint density at radius 3 is 2.38 bits per heavy atom. The lowest BCUT2D eigenvalue weighted by molar-refractivity contribution is -0.137. The van der Waals surface area contributed by atoms with Gasteiger partial charge in [0.25, 0.3) is 0 Å². The lowest BCUT2D eigenvalue weighted by atomic mass is 10.2. The van der Waals surface area contributed by atoms with Gasteiger partial charge in [-0.2, -0.15) is 13.2 Å². The second-order valence-corrected chi connectivity index (χ2v) is 6.39. The summed E-state index contributed by atoms with van der Waals surface area (Å²) in [6.07, 6.45) is -1.85. The minimum atomic E-state index is -4.38. The van der Waals surface area contributed by atoms with Gasteiger partial charge >= 0.3 is 6.18 Å². The maximum Gasteiger partial charge on any atom is 0.416 e. The molecule has 0 aliphatic rings. The number of primary sulfonamides is 1. The molecule has 21 heavy (non-hydrogen) atoms. The lowest BCUT2D eigenvalue weighted by Gasteiger charge is -2.10. The Morgan fingerprint density at radius 2 is 1.76 bits per heavy atom. The van der Waals surface area contributed by atoms with E-state index in [9.17, 15) is 21.6 Å². The molecule has 8 heteroatoms. The van der Waals surface area contributed by atoms with Crippen molar-refractivity contribution >= 4 is 10.0 Å². The third-order valence-electron chi connectivity index (χ3n) is 2.75. The highest BCUT2D eigenvalue weighted by Gasteiger charge is 2.30. The summed E-state index contributed by atoms with van der Waals surface area (Å²) >= 11 is 0. The molecule has 2 N–H and O–H groups in total. The van der Waals surface area contributed by atoms with Gasteiger partial charge in [-0.15, -0.1) is 0 Å². The Hall–Kier alpha value is -1.28. The zero-order valence-corrected chi connectivity index (χ0v) is 12.2. The summed E-state index contributed by atoms with van der Waals surface area (Å²) in [6, 6.07) is 4.71. The normalized spacial score (nSPS) is 12.4. The summed E-state index contributed by atoms with van der Waals surface area (Å²) < 4.78 is 64.0. The van der Waals surface area contributed by atoms with E-state index in [4.69, 9.17) is 9.88 Å². The monoisotopic (exact) mass is 325 g/mol. The molecular formula is C13H18F3NO3S. The van der Waals surface area contributed by atoms with Crippen molar-refractivity contribution in [1.29, 1.82) is 0 Å². The highest BCUT2D eigenvalue weighted by molar-refractivity contribution is 7.89. The number of alkyl halides is 3. The van der Waals surface area contributed by atoms with E-state index < -0.39 is 21.8 Å². The van der Waals surface area contributed by atoms with Gasteiger partial charge in [0, 0.05) is 0 Å². The van der Waals surface area contributed by atoms with Crippen molar-refractivity contribution in [2.45, 2.75) is 31.9 Å². The molecule has 1 rings (SSSR count). The number of nitrogens with two attached hydrogens (primary N) is 1. The molecule has 0 unspecified atom stereocenters. The summed E-state index contributed by atoms with van der Waals surface area (Å²) in [7, 11) is -3.42. The Bertz CT molecular complexity index is 544. The topological polar surface area (TPSA) is 69.4 Å². The van der Waals surface area contributed by atoms with Crippen molar-refractivity contribution in [3.8, 4) is 5.75 Å². The Balaban J connectivity index is 2.24. The van der Waals surface area contributed by atoms with Crippen LogP contribution in [0.4, 0.5) is 13.2 Å². The summed E-state index contributed by atoms with van der Waals surface area (Å²) in [6.45, 7) is 0.288. The predicted octanol–water partition coefficient (Wildman–Crippen LogP) is 2.93. The first-order chi connectivity index (χ1) is 9.68. The van der Waals surface area contributed by atoms with Gasteiger partial charge in [-0.1, -0.05) is 18.9 Å². The number of ether oxygens (including phenoxy) is 1. The van der Waals surface area contributed by atoms with Crippen LogP contribution in [0.1, 0.15) is 31.2 Å². The van der Waals surface area contributed by atoms with Crippen molar-refractivity contribution < 1.29 is 26.3 Å². The maximum atomic E-state index is 12.5. The minimum Gasteiger partial charge on any atom is -0.494 e. The summed E-state index contributed by atoms with van der Waals surface area (Å²) in [5.41, 5.74) is -0.742. The van der Waals surface area contributed by atoms with E-state index in [1.165, 1.54) is 12.1 Å². The molecule has 4 nitrogen and oxygen atoms in total. The quantitative estimate of drug-likeness (QED) is 0.747. The predicted molar refractivity (Wildman–Crippen MR) is 73.4 cm³/mol. The van der Waals surface area contributed by atoms with E-state index in [0.717, 1.165) is 18.6 Å². The molecule has 0 aromatic heterocycles. The van der Waals surface area contributed by atoms with E-state index in [-0.39, 0.29) is 18.1 Å². The van der Waals surface area contributed by atoms with E-state index in [1.807, 2.05) is 0 Å². The summed E-state index contributed by atoms with van der Waals surface area (Å²) in [5.74, 6) is 0.121. The zero-order valence-electron chi connectivity index (χ0n) is 11.4. The molecule has 0 spiro atoms. The number of halogens is 3. The molecule has 0 aliphatic heterocycles. The first kappa shape index (κ1) is 17.8. The van der Waals surface area contributed by atoms with Crippen molar-refractivity contribution in [2.24, 2.45) is 5.14 Å². The lowest BCUT2D eigenvalue weighted by Crippen LogP contribution is -2.16. The number of hydrogen-bond donors (Lipinski definition) is 1. The molecule has 0 amide bonds. The average molecular weight is 325 g/mol. The second kappa shape index (κ2) is 7.65. The van der Waals surface area contributed by atoms with Gasteiger partial charge in [-0.25, -0.2) is 13.6 Å². The fourth-order valence-corrected chi connectivity index (χ4v) is 2.32. The number of unbranched alkanes of at least 4 members (excludes halogenated alkanes) is 3. The van der Waals surface area contributed by atoms with E-state index in [2.05, 4.69) is 0 Å². The van der Waals surface area contributed by atoms with Crippen LogP contribution < -0.4 is 9.88 Å². The minimum absolute atomic E-state index is 0.0541. The van der Waals surface area contributed by atoms with Crippen LogP contribution in [0.25, 0.3) is 0 Å². The standard InChI is InChI=1S/C13H18F3NO3S/c14-13(15,16)11-6-5-7-12(10-11)20-8-3-1-2-4-9-21(17,18)19/h5-7,10H,1-4,8-9H2,(H2,17,18,19). The van der Waals surface area contributed by atoms with Crippen LogP contribution in [0.15, 0.2) is 24.3 Å². The molecule has 1 aromatic carbocycles. The van der Waals surface area contributed by atoms with Crippen LogP contribution in [0, 0.1) is 0 Å². The zero-order chi connectivity index (χ0) is 15.9. The van der Waals surface area contributed by atoms with Gasteiger partial charge in [0.2, 0.25) is 10.0 Å². The molecule has 1 aromatic rings. The molecule has 0 radical (unpaired) electrons. The molecular weight excluding hydrogens is 307 g/mol. The van der Waals surface area contributed by atoms with Crippen LogP contribution in [-0.2, 0) is 16.2 Å². The summed E-state index contributed by atoms with van der Waals surface area (Å²) in [4.78, 5) is 0. The second-order valence-electron chi connectivity index (χ2n) is 4.66. The van der Waals surface area contributed by atoms with Crippen molar-refractivity contribution in [2.75, 3.05) is 12.4 Å². The largest absolute Gasteiger partial charge is 0.494 e. The molecule has 0 saturated heterocycles. The third-order valence-corrected chi connectivity index (χ3v) is 3.61. The van der Waals surface area contributed by atoms with Crippen molar-refractivity contribution in [1.82, 2.24) is 0 Å². The van der Waals surface area contributed by atoms with Crippen molar-refractivity contribution in [3.05, 3.63) is 29.8 Å². The van der Waals surface area contributed by atoms with Crippen molar-refractivity contribution in [3.63, 3.8) is 0 Å². The van der Waals surface area contributed by atoms with E-state index in [0.29, 0.717) is 19.3 Å². The number of benzene rings is 1. The Labute approximate surface area is 122 Å². The number of hydrogen-bond acceptors (Lipinski definition) is 3. The van der Waals surface area contributed by atoms with E-state index >= 15 is 0 Å². The SMILES string of the molecule is NS(=O)(=O)CCCCCCOc1cccc(C(F)(F)F)c1. The highest BCUT2D eigenvalue weighted by atomic mass is 32.2. The van der Waals surface area contributed by atoms with Gasteiger partial charge in [0.15, 0.2) is 0 Å². The molecule has 0 heterocycles.